The molecule has 0 aromatic heterocycles. The molecule has 2 N–H and O–H groups in total. The number of hydrogen-bond donors (Lipinski definition) is 2. The van der Waals surface area contributed by atoms with Gasteiger partial charge in [-0.3, -0.25) is 9.59 Å². The molecule has 3 rings (SSSR count). The van der Waals surface area contributed by atoms with Crippen molar-refractivity contribution < 1.29 is 14.3 Å². The van der Waals surface area contributed by atoms with E-state index in [1.807, 2.05) is 43.3 Å². The van der Waals surface area contributed by atoms with Gasteiger partial charge in [0.15, 0.2) is 0 Å². The molecule has 0 fully saturated rings. The molecule has 0 unspecified atom stereocenters. The molecule has 6 nitrogen and oxygen atoms in total. The molecule has 0 atom stereocenters. The van der Waals surface area contributed by atoms with E-state index in [0.717, 1.165) is 22.1 Å². The van der Waals surface area contributed by atoms with Crippen molar-refractivity contribution in [2.45, 2.75) is 6.92 Å². The summed E-state index contributed by atoms with van der Waals surface area (Å²) in [6.45, 7) is 2.50. The summed E-state index contributed by atoms with van der Waals surface area (Å²) in [6.07, 6.45) is 1.46. The Balaban J connectivity index is 1.59. The van der Waals surface area contributed by atoms with E-state index in [9.17, 15) is 9.59 Å². The first-order valence-electron chi connectivity index (χ1n) is 8.52. The average molecular weight is 361 g/mol. The molecular formula is C21H19N3O3. The summed E-state index contributed by atoms with van der Waals surface area (Å²) in [5.41, 5.74) is 3.57. The van der Waals surface area contributed by atoms with Crippen molar-refractivity contribution in [1.82, 2.24) is 5.43 Å². The highest BCUT2D eigenvalue weighted by atomic mass is 16.5. The summed E-state index contributed by atoms with van der Waals surface area (Å²) in [5.74, 6) is -0.867. The van der Waals surface area contributed by atoms with Crippen molar-refractivity contribution >= 4 is 34.5 Å². The van der Waals surface area contributed by atoms with Crippen LogP contribution in [0, 0.1) is 0 Å². The number of carbonyl (C=O) groups excluding carboxylic acids is 2. The van der Waals surface area contributed by atoms with Gasteiger partial charge in [-0.1, -0.05) is 36.4 Å². The third-order valence-corrected chi connectivity index (χ3v) is 3.81. The number of carbonyl (C=O) groups is 2. The molecule has 2 amide bonds. The smallest absolute Gasteiger partial charge is 0.329 e. The van der Waals surface area contributed by atoms with Crippen molar-refractivity contribution in [2.75, 3.05) is 11.9 Å². The molecular weight excluding hydrogens is 342 g/mol. The number of rotatable bonds is 5. The second-order valence-electron chi connectivity index (χ2n) is 5.68. The Kier molecular flexibility index (Phi) is 5.79. The highest BCUT2D eigenvalue weighted by Crippen LogP contribution is 2.22. The van der Waals surface area contributed by atoms with Crippen molar-refractivity contribution in [3.63, 3.8) is 0 Å². The molecule has 3 aromatic carbocycles. The number of benzene rings is 3. The van der Waals surface area contributed by atoms with Crippen LogP contribution in [0.3, 0.4) is 0 Å². The molecule has 0 aliphatic heterocycles. The van der Waals surface area contributed by atoms with Gasteiger partial charge < -0.3 is 10.1 Å². The highest BCUT2D eigenvalue weighted by molar-refractivity contribution is 6.40. The Labute approximate surface area is 156 Å². The molecule has 3 aromatic rings. The molecule has 6 heteroatoms. The molecule has 0 saturated heterocycles. The van der Waals surface area contributed by atoms with Gasteiger partial charge >= 0.3 is 11.8 Å². The Hall–Kier alpha value is -3.67. The number of nitrogens with zero attached hydrogens (tertiary/aromatic N) is 1. The topological polar surface area (TPSA) is 79.8 Å². The third kappa shape index (κ3) is 4.70. The summed E-state index contributed by atoms with van der Waals surface area (Å²) < 4.78 is 5.35. The van der Waals surface area contributed by atoms with Gasteiger partial charge in [0.05, 0.1) is 12.8 Å². The first kappa shape index (κ1) is 18.1. The van der Waals surface area contributed by atoms with E-state index in [4.69, 9.17) is 4.74 Å². The molecule has 136 valence electrons. The number of ether oxygens (including phenoxy) is 1. The maximum Gasteiger partial charge on any atom is 0.329 e. The molecule has 27 heavy (non-hydrogen) atoms. The summed E-state index contributed by atoms with van der Waals surface area (Å²) in [4.78, 5) is 24.1. The average Bonchev–Trinajstić information content (AvgIpc) is 2.69. The number of hydrazone groups is 1. The minimum absolute atomic E-state index is 0.573. The van der Waals surface area contributed by atoms with Gasteiger partial charge in [0, 0.05) is 11.1 Å². The van der Waals surface area contributed by atoms with Crippen LogP contribution in [0.1, 0.15) is 12.5 Å². The third-order valence-electron chi connectivity index (χ3n) is 3.81. The van der Waals surface area contributed by atoms with E-state index in [0.29, 0.717) is 12.3 Å². The van der Waals surface area contributed by atoms with Gasteiger partial charge in [0.25, 0.3) is 0 Å². The van der Waals surface area contributed by atoms with E-state index in [-0.39, 0.29) is 0 Å². The van der Waals surface area contributed by atoms with Gasteiger partial charge in [-0.2, -0.15) is 5.10 Å². The highest BCUT2D eigenvalue weighted by Gasteiger charge is 2.14. The summed E-state index contributed by atoms with van der Waals surface area (Å²) >= 11 is 0. The minimum atomic E-state index is -0.842. The van der Waals surface area contributed by atoms with E-state index >= 15 is 0 Å². The number of fused-ring (bicyclic) bond motifs is 1. The SMILES string of the molecule is CCOc1ccc(/C=N/NC(=O)C(=O)Nc2cccc3ccccc23)cc1. The lowest BCUT2D eigenvalue weighted by Crippen LogP contribution is -2.32. The van der Waals surface area contributed by atoms with Crippen LogP contribution in [-0.2, 0) is 9.59 Å². The van der Waals surface area contributed by atoms with Crippen LogP contribution < -0.4 is 15.5 Å². The number of nitrogens with one attached hydrogen (secondary N) is 2. The van der Waals surface area contributed by atoms with Gasteiger partial charge in [0.1, 0.15) is 5.75 Å². The van der Waals surface area contributed by atoms with Crippen molar-refractivity contribution in [2.24, 2.45) is 5.10 Å². The zero-order valence-electron chi connectivity index (χ0n) is 14.8. The lowest BCUT2D eigenvalue weighted by molar-refractivity contribution is -0.136. The number of amides is 2. The van der Waals surface area contributed by atoms with Gasteiger partial charge in [-0.05, 0) is 48.2 Å². The Morgan fingerprint density at radius 3 is 2.48 bits per heavy atom. The first-order valence-corrected chi connectivity index (χ1v) is 8.52. The van der Waals surface area contributed by atoms with E-state index in [1.165, 1.54) is 6.21 Å². The Morgan fingerprint density at radius 2 is 1.70 bits per heavy atom. The zero-order chi connectivity index (χ0) is 19.1. The first-order chi connectivity index (χ1) is 13.2. The molecule has 0 spiro atoms. The normalized spacial score (nSPS) is 10.7. The predicted molar refractivity (Wildman–Crippen MR) is 106 cm³/mol. The fraction of sp³-hybridized carbons (Fsp3) is 0.0952. The molecule has 0 radical (unpaired) electrons. The van der Waals surface area contributed by atoms with E-state index in [1.54, 1.807) is 30.3 Å². The monoisotopic (exact) mass is 361 g/mol. The van der Waals surface area contributed by atoms with Crippen LogP contribution in [-0.4, -0.2) is 24.6 Å². The molecule has 0 aliphatic carbocycles. The second kappa shape index (κ2) is 8.62. The minimum Gasteiger partial charge on any atom is -0.494 e. The number of anilines is 1. The Morgan fingerprint density at radius 1 is 0.963 bits per heavy atom. The van der Waals surface area contributed by atoms with E-state index in [2.05, 4.69) is 15.8 Å². The fourth-order valence-electron chi connectivity index (χ4n) is 2.55. The van der Waals surface area contributed by atoms with Gasteiger partial charge in [0.2, 0.25) is 0 Å². The molecule has 0 heterocycles. The summed E-state index contributed by atoms with van der Waals surface area (Å²) in [7, 11) is 0. The Bertz CT molecular complexity index is 976. The largest absolute Gasteiger partial charge is 0.494 e. The van der Waals surface area contributed by atoms with Crippen LogP contribution in [0.4, 0.5) is 5.69 Å². The van der Waals surface area contributed by atoms with Crippen LogP contribution in [0.15, 0.2) is 71.8 Å². The van der Waals surface area contributed by atoms with Crippen molar-refractivity contribution in [3.8, 4) is 5.75 Å². The van der Waals surface area contributed by atoms with Crippen LogP contribution in [0.5, 0.6) is 5.75 Å². The van der Waals surface area contributed by atoms with Crippen LogP contribution in [0.25, 0.3) is 10.8 Å². The van der Waals surface area contributed by atoms with E-state index < -0.39 is 11.8 Å². The molecule has 0 saturated carbocycles. The standard InChI is InChI=1S/C21H19N3O3/c1-2-27-17-12-10-15(11-13-17)14-22-24-21(26)20(25)23-19-9-5-7-16-6-3-4-8-18(16)19/h3-14H,2H2,1H3,(H,23,25)(H,24,26)/b22-14+. The zero-order valence-corrected chi connectivity index (χ0v) is 14.8. The molecule has 0 aliphatic rings. The second-order valence-corrected chi connectivity index (χ2v) is 5.68. The fourth-order valence-corrected chi connectivity index (χ4v) is 2.55. The van der Waals surface area contributed by atoms with Crippen LogP contribution >= 0.6 is 0 Å². The predicted octanol–water partition coefficient (Wildman–Crippen LogP) is 3.33. The van der Waals surface area contributed by atoms with Gasteiger partial charge in [-0.25, -0.2) is 5.43 Å². The summed E-state index contributed by atoms with van der Waals surface area (Å²) in [6, 6.07) is 20.3. The lowest BCUT2D eigenvalue weighted by atomic mass is 10.1. The van der Waals surface area contributed by atoms with Crippen molar-refractivity contribution in [1.29, 1.82) is 0 Å². The lowest BCUT2D eigenvalue weighted by Gasteiger charge is -2.07. The van der Waals surface area contributed by atoms with Crippen LogP contribution in [0.2, 0.25) is 0 Å². The quantitative estimate of drug-likeness (QED) is 0.416. The van der Waals surface area contributed by atoms with Gasteiger partial charge in [-0.15, -0.1) is 0 Å². The summed E-state index contributed by atoms with van der Waals surface area (Å²) in [5, 5.41) is 8.27. The molecule has 0 bridgehead atoms. The maximum atomic E-state index is 12.1. The van der Waals surface area contributed by atoms with Crippen molar-refractivity contribution in [3.05, 3.63) is 72.3 Å². The number of hydrogen-bond acceptors (Lipinski definition) is 4. The maximum absolute atomic E-state index is 12.1.